The van der Waals surface area contributed by atoms with Gasteiger partial charge < -0.3 is 24.8 Å². The van der Waals surface area contributed by atoms with E-state index in [2.05, 4.69) is 0 Å². The molecule has 0 heterocycles. The third kappa shape index (κ3) is 7.64. The lowest BCUT2D eigenvalue weighted by Crippen LogP contribution is -2.11. The Balaban J connectivity index is 1.42. The summed E-state index contributed by atoms with van der Waals surface area (Å²) in [7, 11) is 0. The molecular formula is C30H18F6O7. The van der Waals surface area contributed by atoms with E-state index in [0.29, 0.717) is 35.4 Å². The minimum atomic E-state index is -4.73. The maximum Gasteiger partial charge on any atom is 0.416 e. The van der Waals surface area contributed by atoms with E-state index in [0.717, 1.165) is 18.2 Å². The molecule has 0 spiro atoms. The van der Waals surface area contributed by atoms with Crippen LogP contribution in [0.5, 0.6) is 28.7 Å². The van der Waals surface area contributed by atoms with Crippen LogP contribution < -0.4 is 9.47 Å². The number of esters is 2. The number of carbonyl (C=O) groups is 2. The molecule has 4 aromatic carbocycles. The van der Waals surface area contributed by atoms with Gasteiger partial charge in [-0.15, -0.1) is 0 Å². The number of carbonyl (C=O) groups excluding carboxylic acids is 2. The Labute approximate surface area is 238 Å². The highest BCUT2D eigenvalue weighted by Gasteiger charge is 2.32. The molecular weight excluding hydrogens is 586 g/mol. The quantitative estimate of drug-likeness (QED) is 0.0907. The van der Waals surface area contributed by atoms with Crippen LogP contribution in [0.2, 0.25) is 0 Å². The predicted molar refractivity (Wildman–Crippen MR) is 140 cm³/mol. The van der Waals surface area contributed by atoms with Gasteiger partial charge >= 0.3 is 24.3 Å². The van der Waals surface area contributed by atoms with E-state index in [4.69, 9.17) is 9.47 Å². The minimum Gasteiger partial charge on any atom is -0.508 e. The van der Waals surface area contributed by atoms with Crippen LogP contribution >= 0.6 is 0 Å². The van der Waals surface area contributed by atoms with Crippen molar-refractivity contribution in [2.45, 2.75) is 12.4 Å². The topological polar surface area (TPSA) is 113 Å². The second kappa shape index (κ2) is 11.8. The van der Waals surface area contributed by atoms with E-state index >= 15 is 0 Å². The number of phenols is 3. The van der Waals surface area contributed by atoms with Crippen molar-refractivity contribution >= 4 is 24.1 Å². The molecule has 0 bridgehead atoms. The molecule has 0 amide bonds. The first kappa shape index (κ1) is 30.5. The van der Waals surface area contributed by atoms with Crippen molar-refractivity contribution in [3.05, 3.63) is 112 Å². The minimum absolute atomic E-state index is 0.0273. The second-order valence-electron chi connectivity index (χ2n) is 8.90. The molecule has 0 aliphatic carbocycles. The smallest absolute Gasteiger partial charge is 0.416 e. The maximum absolute atomic E-state index is 12.8. The fourth-order valence-corrected chi connectivity index (χ4v) is 3.69. The van der Waals surface area contributed by atoms with Crippen molar-refractivity contribution in [3.8, 4) is 28.7 Å². The van der Waals surface area contributed by atoms with Gasteiger partial charge in [-0.25, -0.2) is 9.59 Å². The molecule has 3 N–H and O–H groups in total. The average molecular weight is 604 g/mol. The number of alkyl halides is 6. The number of rotatable bonds is 6. The van der Waals surface area contributed by atoms with Gasteiger partial charge in [0.1, 0.15) is 39.9 Å². The summed E-state index contributed by atoms with van der Waals surface area (Å²) in [6.07, 6.45) is -6.35. The van der Waals surface area contributed by atoms with E-state index in [-0.39, 0.29) is 17.2 Å². The van der Waals surface area contributed by atoms with Gasteiger partial charge in [-0.1, -0.05) is 24.3 Å². The first-order chi connectivity index (χ1) is 20.1. The second-order valence-corrected chi connectivity index (χ2v) is 8.90. The van der Waals surface area contributed by atoms with Crippen molar-refractivity contribution in [3.63, 3.8) is 0 Å². The fraction of sp³-hybridized carbons (Fsp3) is 0.0667. The SMILES string of the molecule is O=C(Oc1ccc(/C=C/c2cc(O)cc(OC(=O)c3ccc(C(F)(F)F)cc3O)c2)cc1)c1ccc(C(F)(F)F)cc1O. The summed E-state index contributed by atoms with van der Waals surface area (Å²) >= 11 is 0. The van der Waals surface area contributed by atoms with Gasteiger partial charge in [0.15, 0.2) is 0 Å². The number of phenolic OH excluding ortho intramolecular Hbond substituents is 3. The Morgan fingerprint density at radius 2 is 1.02 bits per heavy atom. The molecule has 222 valence electrons. The molecule has 0 aromatic heterocycles. The van der Waals surface area contributed by atoms with E-state index in [1.165, 1.54) is 42.5 Å². The van der Waals surface area contributed by atoms with Crippen molar-refractivity contribution < 1.29 is 60.7 Å². The molecule has 0 fully saturated rings. The number of halogens is 6. The predicted octanol–water partition coefficient (Wildman–Crippen LogP) is 7.45. The third-order valence-corrected chi connectivity index (χ3v) is 5.77. The van der Waals surface area contributed by atoms with Gasteiger partial charge in [0.05, 0.1) is 11.1 Å². The summed E-state index contributed by atoms with van der Waals surface area (Å²) < 4.78 is 86.9. The molecule has 0 aliphatic heterocycles. The molecule has 0 atom stereocenters. The van der Waals surface area contributed by atoms with Gasteiger partial charge in [0.25, 0.3) is 0 Å². The number of benzene rings is 4. The molecule has 4 rings (SSSR count). The maximum atomic E-state index is 12.8. The van der Waals surface area contributed by atoms with Gasteiger partial charge in [0, 0.05) is 6.07 Å². The summed E-state index contributed by atoms with van der Waals surface area (Å²) in [6.45, 7) is 0. The van der Waals surface area contributed by atoms with E-state index < -0.39 is 58.0 Å². The van der Waals surface area contributed by atoms with Gasteiger partial charge in [-0.3, -0.25) is 0 Å². The molecule has 13 heteroatoms. The molecule has 0 saturated heterocycles. The van der Waals surface area contributed by atoms with Crippen LogP contribution in [0.1, 0.15) is 43.0 Å². The Kier molecular flexibility index (Phi) is 8.37. The largest absolute Gasteiger partial charge is 0.508 e. The Bertz CT molecular complexity index is 1710. The van der Waals surface area contributed by atoms with Gasteiger partial charge in [-0.05, 0) is 71.8 Å². The van der Waals surface area contributed by atoms with Crippen LogP contribution in [0.15, 0.2) is 78.9 Å². The lowest BCUT2D eigenvalue weighted by molar-refractivity contribution is -0.138. The van der Waals surface area contributed by atoms with E-state index in [9.17, 15) is 51.3 Å². The molecule has 0 radical (unpaired) electrons. The number of ether oxygens (including phenoxy) is 2. The number of hydrogen-bond donors (Lipinski definition) is 3. The van der Waals surface area contributed by atoms with Gasteiger partial charge in [-0.2, -0.15) is 26.3 Å². The van der Waals surface area contributed by atoms with Crippen molar-refractivity contribution in [2.75, 3.05) is 0 Å². The van der Waals surface area contributed by atoms with E-state index in [1.54, 1.807) is 6.08 Å². The fourth-order valence-electron chi connectivity index (χ4n) is 3.69. The van der Waals surface area contributed by atoms with Crippen LogP contribution in [-0.4, -0.2) is 27.3 Å². The number of hydrogen-bond acceptors (Lipinski definition) is 7. The van der Waals surface area contributed by atoms with Crippen LogP contribution in [0.25, 0.3) is 12.2 Å². The molecule has 0 saturated carbocycles. The van der Waals surface area contributed by atoms with Crippen molar-refractivity contribution in [1.82, 2.24) is 0 Å². The molecule has 0 aliphatic rings. The third-order valence-electron chi connectivity index (χ3n) is 5.77. The summed E-state index contributed by atoms with van der Waals surface area (Å²) in [5, 5.41) is 29.7. The summed E-state index contributed by atoms with van der Waals surface area (Å²) in [5.41, 5.74) is -2.38. The van der Waals surface area contributed by atoms with Crippen molar-refractivity contribution in [1.29, 1.82) is 0 Å². The lowest BCUT2D eigenvalue weighted by Gasteiger charge is -2.10. The monoisotopic (exact) mass is 604 g/mol. The zero-order valence-corrected chi connectivity index (χ0v) is 21.4. The Morgan fingerprint density at radius 1 is 0.558 bits per heavy atom. The van der Waals surface area contributed by atoms with E-state index in [1.807, 2.05) is 0 Å². The highest BCUT2D eigenvalue weighted by Crippen LogP contribution is 2.34. The first-order valence-corrected chi connectivity index (χ1v) is 12.0. The highest BCUT2D eigenvalue weighted by molar-refractivity contribution is 5.94. The zero-order chi connectivity index (χ0) is 31.5. The van der Waals surface area contributed by atoms with Crippen LogP contribution in [-0.2, 0) is 12.4 Å². The molecule has 43 heavy (non-hydrogen) atoms. The molecule has 7 nitrogen and oxygen atoms in total. The standard InChI is InChI=1S/C30H18F6O7/c31-29(32,33)18-5-9-23(25(38)13-18)27(40)42-21-7-3-16(4-8-21)1-2-17-11-20(37)15-22(12-17)43-28(41)24-10-6-19(14-26(24)39)30(34,35)36/h1-15,37-39H/b2-1+. The first-order valence-electron chi connectivity index (χ1n) is 12.0. The van der Waals surface area contributed by atoms with Crippen LogP contribution in [0.4, 0.5) is 26.3 Å². The summed E-state index contributed by atoms with van der Waals surface area (Å²) in [6, 6.07) is 13.1. The van der Waals surface area contributed by atoms with Crippen molar-refractivity contribution in [2.24, 2.45) is 0 Å². The summed E-state index contributed by atoms with van der Waals surface area (Å²) in [4.78, 5) is 24.7. The van der Waals surface area contributed by atoms with Crippen LogP contribution in [0, 0.1) is 0 Å². The Hall–Kier alpha value is -5.46. The zero-order valence-electron chi connectivity index (χ0n) is 21.4. The lowest BCUT2D eigenvalue weighted by atomic mass is 10.1. The normalized spacial score (nSPS) is 11.9. The van der Waals surface area contributed by atoms with Crippen LogP contribution in [0.3, 0.4) is 0 Å². The number of aromatic hydroxyl groups is 3. The summed E-state index contributed by atoms with van der Waals surface area (Å²) in [5.74, 6) is -4.54. The molecule has 4 aromatic rings. The van der Waals surface area contributed by atoms with Gasteiger partial charge in [0.2, 0.25) is 0 Å². The average Bonchev–Trinajstić information content (AvgIpc) is 2.91. The highest BCUT2D eigenvalue weighted by atomic mass is 19.4. The molecule has 0 unspecified atom stereocenters. The Morgan fingerprint density at radius 3 is 1.49 bits per heavy atom.